The first-order chi connectivity index (χ1) is 9.79. The van der Waals surface area contributed by atoms with E-state index in [1.165, 1.54) is 0 Å². The van der Waals surface area contributed by atoms with Crippen LogP contribution in [0.3, 0.4) is 0 Å². The average Bonchev–Trinajstić information content (AvgIpc) is 2.54. The van der Waals surface area contributed by atoms with Crippen LogP contribution in [-0.4, -0.2) is 54.6 Å². The fourth-order valence-corrected chi connectivity index (χ4v) is 2.50. The van der Waals surface area contributed by atoms with Crippen molar-refractivity contribution in [3.63, 3.8) is 0 Å². The molecule has 3 rings (SSSR count). The van der Waals surface area contributed by atoms with Gasteiger partial charge in [0.05, 0.1) is 13.2 Å². The van der Waals surface area contributed by atoms with Crippen molar-refractivity contribution in [1.29, 1.82) is 0 Å². The third kappa shape index (κ3) is 2.71. The first-order valence-corrected chi connectivity index (χ1v) is 6.63. The first kappa shape index (κ1) is 13.9. The molecule has 2 aliphatic heterocycles. The van der Waals surface area contributed by atoms with E-state index in [1.54, 1.807) is 0 Å². The molecule has 0 unspecified atom stereocenters. The summed E-state index contributed by atoms with van der Waals surface area (Å²) < 4.78 is 22.3. The van der Waals surface area contributed by atoms with Gasteiger partial charge in [-0.3, -0.25) is 0 Å². The molecule has 0 saturated carbocycles. The summed E-state index contributed by atoms with van der Waals surface area (Å²) in [5.74, 6) is 0. The van der Waals surface area contributed by atoms with Crippen LogP contribution in [0.1, 0.15) is 11.9 Å². The van der Waals surface area contributed by atoms with Crippen molar-refractivity contribution in [1.82, 2.24) is 0 Å². The van der Waals surface area contributed by atoms with Crippen LogP contribution < -0.4 is 0 Å². The Labute approximate surface area is 116 Å². The number of fused-ring (bicyclic) bond motifs is 1. The van der Waals surface area contributed by atoms with Crippen LogP contribution in [0.2, 0.25) is 0 Å². The summed E-state index contributed by atoms with van der Waals surface area (Å²) in [6.07, 6.45) is -2.90. The maximum Gasteiger partial charge on any atom is 0.184 e. The zero-order chi connectivity index (χ0) is 13.9. The van der Waals surface area contributed by atoms with Gasteiger partial charge in [0.15, 0.2) is 6.29 Å². The van der Waals surface area contributed by atoms with Gasteiger partial charge < -0.3 is 29.2 Å². The molecule has 2 aliphatic rings. The van der Waals surface area contributed by atoms with Crippen molar-refractivity contribution in [2.45, 2.75) is 30.7 Å². The van der Waals surface area contributed by atoms with Crippen LogP contribution in [0.15, 0.2) is 30.3 Å². The van der Waals surface area contributed by atoms with Gasteiger partial charge >= 0.3 is 0 Å². The maximum absolute atomic E-state index is 9.83. The van der Waals surface area contributed by atoms with Crippen molar-refractivity contribution >= 4 is 0 Å². The number of aliphatic hydroxyl groups excluding tert-OH is 2. The topological polar surface area (TPSA) is 77.4 Å². The summed E-state index contributed by atoms with van der Waals surface area (Å²) >= 11 is 0. The molecule has 2 fully saturated rings. The van der Waals surface area contributed by atoms with Crippen LogP contribution in [-0.2, 0) is 18.9 Å². The highest BCUT2D eigenvalue weighted by molar-refractivity contribution is 5.16. The second-order valence-electron chi connectivity index (χ2n) is 4.88. The third-order valence-corrected chi connectivity index (χ3v) is 3.56. The number of aliphatic hydroxyl groups is 2. The molecule has 2 N–H and O–H groups in total. The molecule has 110 valence electrons. The van der Waals surface area contributed by atoms with Gasteiger partial charge in [0, 0.05) is 5.56 Å². The predicted octanol–water partition coefficient (Wildman–Crippen LogP) is 0.195. The zero-order valence-electron chi connectivity index (χ0n) is 10.9. The molecule has 6 heteroatoms. The highest BCUT2D eigenvalue weighted by Gasteiger charge is 2.44. The maximum atomic E-state index is 9.83. The summed E-state index contributed by atoms with van der Waals surface area (Å²) in [4.78, 5) is 0. The lowest BCUT2D eigenvalue weighted by Crippen LogP contribution is -2.57. The number of hydrogen-bond acceptors (Lipinski definition) is 6. The Morgan fingerprint density at radius 1 is 1.15 bits per heavy atom. The van der Waals surface area contributed by atoms with E-state index in [-0.39, 0.29) is 19.5 Å². The molecule has 5 atom stereocenters. The molecule has 6 nitrogen and oxygen atoms in total. The van der Waals surface area contributed by atoms with E-state index < -0.39 is 24.6 Å². The van der Waals surface area contributed by atoms with Gasteiger partial charge in [0.25, 0.3) is 0 Å². The summed E-state index contributed by atoms with van der Waals surface area (Å²) in [5, 5.41) is 18.9. The van der Waals surface area contributed by atoms with Crippen LogP contribution in [0.5, 0.6) is 0 Å². The summed E-state index contributed by atoms with van der Waals surface area (Å²) in [6, 6.07) is 9.55. The normalized spacial score (nSPS) is 35.3. The molecule has 0 aliphatic carbocycles. The van der Waals surface area contributed by atoms with Gasteiger partial charge in [-0.15, -0.1) is 0 Å². The molecule has 0 amide bonds. The van der Waals surface area contributed by atoms with E-state index in [2.05, 4.69) is 0 Å². The van der Waals surface area contributed by atoms with Crippen molar-refractivity contribution in [2.75, 3.05) is 20.0 Å². The summed E-state index contributed by atoms with van der Waals surface area (Å²) in [7, 11) is 0. The minimum absolute atomic E-state index is 0.0611. The second kappa shape index (κ2) is 6.17. The molecule has 0 aromatic heterocycles. The number of benzene rings is 1. The molecule has 0 spiro atoms. The van der Waals surface area contributed by atoms with Crippen LogP contribution in [0.4, 0.5) is 0 Å². The molecule has 2 saturated heterocycles. The van der Waals surface area contributed by atoms with Gasteiger partial charge in [-0.2, -0.15) is 0 Å². The Kier molecular flexibility index (Phi) is 4.30. The monoisotopic (exact) mass is 282 g/mol. The van der Waals surface area contributed by atoms with Crippen molar-refractivity contribution in [2.24, 2.45) is 0 Å². The highest BCUT2D eigenvalue weighted by atomic mass is 16.8. The summed E-state index contributed by atoms with van der Waals surface area (Å²) in [6.45, 7) is 0.0436. The first-order valence-electron chi connectivity index (χ1n) is 6.63. The zero-order valence-corrected chi connectivity index (χ0v) is 10.9. The van der Waals surface area contributed by atoms with E-state index in [0.717, 1.165) is 5.56 Å². The van der Waals surface area contributed by atoms with Crippen LogP contribution in [0, 0.1) is 0 Å². The van der Waals surface area contributed by atoms with E-state index >= 15 is 0 Å². The van der Waals surface area contributed by atoms with Gasteiger partial charge in [-0.05, 0) is 0 Å². The molecular formula is C14H18O6. The number of ether oxygens (including phenoxy) is 4. The van der Waals surface area contributed by atoms with Crippen molar-refractivity contribution < 1.29 is 29.2 Å². The molecule has 2 heterocycles. The van der Waals surface area contributed by atoms with Gasteiger partial charge in [0.1, 0.15) is 31.2 Å². The Morgan fingerprint density at radius 2 is 1.95 bits per heavy atom. The fraction of sp³-hybridized carbons (Fsp3) is 0.571. The van der Waals surface area contributed by atoms with Gasteiger partial charge in [-0.25, -0.2) is 0 Å². The lowest BCUT2D eigenvalue weighted by atomic mass is 10.0. The van der Waals surface area contributed by atoms with E-state index in [4.69, 9.17) is 24.1 Å². The van der Waals surface area contributed by atoms with Crippen molar-refractivity contribution in [3.8, 4) is 0 Å². The SMILES string of the molecule is OC[C@@H](O)[C@H]1OCO[C@H]2CO[C@@H](c3ccccc3)O[C@@H]12. The smallest absolute Gasteiger partial charge is 0.184 e. The Balaban J connectivity index is 1.75. The minimum Gasteiger partial charge on any atom is -0.394 e. The largest absolute Gasteiger partial charge is 0.394 e. The van der Waals surface area contributed by atoms with Crippen LogP contribution >= 0.6 is 0 Å². The number of rotatable bonds is 3. The molecule has 1 aromatic rings. The van der Waals surface area contributed by atoms with E-state index in [1.807, 2.05) is 30.3 Å². The highest BCUT2D eigenvalue weighted by Crippen LogP contribution is 2.32. The third-order valence-electron chi connectivity index (χ3n) is 3.56. The summed E-state index contributed by atoms with van der Waals surface area (Å²) in [5.41, 5.74) is 0.897. The Bertz CT molecular complexity index is 425. The average molecular weight is 282 g/mol. The van der Waals surface area contributed by atoms with Crippen LogP contribution in [0.25, 0.3) is 0 Å². The fourth-order valence-electron chi connectivity index (χ4n) is 2.50. The Hall–Kier alpha value is -1.02. The second-order valence-corrected chi connectivity index (χ2v) is 4.88. The Morgan fingerprint density at radius 3 is 2.70 bits per heavy atom. The predicted molar refractivity (Wildman–Crippen MR) is 67.7 cm³/mol. The van der Waals surface area contributed by atoms with Gasteiger partial charge in [-0.1, -0.05) is 30.3 Å². The molecule has 0 radical (unpaired) electrons. The molecule has 0 bridgehead atoms. The molecule has 20 heavy (non-hydrogen) atoms. The lowest BCUT2D eigenvalue weighted by Gasteiger charge is -2.44. The molecular weight excluding hydrogens is 264 g/mol. The quantitative estimate of drug-likeness (QED) is 0.824. The van der Waals surface area contributed by atoms with E-state index in [9.17, 15) is 5.11 Å². The lowest BCUT2D eigenvalue weighted by molar-refractivity contribution is -0.344. The van der Waals surface area contributed by atoms with Gasteiger partial charge in [0.2, 0.25) is 0 Å². The van der Waals surface area contributed by atoms with E-state index in [0.29, 0.717) is 6.61 Å². The minimum atomic E-state index is -0.999. The van der Waals surface area contributed by atoms with Crippen molar-refractivity contribution in [3.05, 3.63) is 35.9 Å². The number of hydrogen-bond donors (Lipinski definition) is 2. The molecule has 1 aromatic carbocycles. The standard InChI is InChI=1S/C14H18O6/c15-6-10(16)12-13-11(18-8-19-12)7-17-14(20-13)9-4-2-1-3-5-9/h1-5,10-16H,6-8H2/t10-,11+,12-,13-,14-/m1/s1.